The lowest BCUT2D eigenvalue weighted by atomic mass is 10.1. The van der Waals surface area contributed by atoms with E-state index < -0.39 is 0 Å². The molecule has 0 radical (unpaired) electrons. The number of thioether (sulfide) groups is 1. The predicted octanol–water partition coefficient (Wildman–Crippen LogP) is 3.34. The minimum atomic E-state index is -0.231. The monoisotopic (exact) mass is 348 g/mol. The fourth-order valence-electron chi connectivity index (χ4n) is 2.32. The summed E-state index contributed by atoms with van der Waals surface area (Å²) in [7, 11) is 0. The molecule has 2 N–H and O–H groups in total. The van der Waals surface area contributed by atoms with Crippen LogP contribution in [0.3, 0.4) is 0 Å². The number of amides is 2. The molecule has 1 aromatic rings. The summed E-state index contributed by atoms with van der Waals surface area (Å²) in [6, 6.07) is 8.02. The van der Waals surface area contributed by atoms with E-state index in [1.54, 1.807) is 0 Å². The molecule has 24 heavy (non-hydrogen) atoms. The first-order chi connectivity index (χ1) is 11.7. The highest BCUT2D eigenvalue weighted by Gasteiger charge is 2.33. The average molecular weight is 348 g/mol. The van der Waals surface area contributed by atoms with Crippen molar-refractivity contribution in [3.8, 4) is 5.75 Å². The zero-order valence-electron chi connectivity index (χ0n) is 14.0. The van der Waals surface area contributed by atoms with Crippen LogP contribution in [0.15, 0.2) is 35.2 Å². The number of rotatable bonds is 9. The Bertz CT molecular complexity index is 599. The van der Waals surface area contributed by atoms with Crippen molar-refractivity contribution in [3.63, 3.8) is 0 Å². The van der Waals surface area contributed by atoms with E-state index >= 15 is 0 Å². The van der Waals surface area contributed by atoms with Gasteiger partial charge in [0.2, 0.25) is 0 Å². The second-order valence-electron chi connectivity index (χ2n) is 5.57. The second kappa shape index (κ2) is 9.49. The van der Waals surface area contributed by atoms with Crippen LogP contribution in [0.4, 0.5) is 4.79 Å². The molecular weight excluding hydrogens is 324 g/mol. The van der Waals surface area contributed by atoms with Gasteiger partial charge in [-0.3, -0.25) is 14.5 Å². The second-order valence-corrected chi connectivity index (χ2v) is 6.56. The van der Waals surface area contributed by atoms with Gasteiger partial charge in [0, 0.05) is 13.1 Å². The van der Waals surface area contributed by atoms with Crippen LogP contribution in [-0.2, 0) is 11.2 Å². The molecule has 1 fully saturated rings. The van der Waals surface area contributed by atoms with Crippen molar-refractivity contribution in [3.05, 3.63) is 40.8 Å². The van der Waals surface area contributed by atoms with E-state index in [4.69, 9.17) is 10.5 Å². The lowest BCUT2D eigenvalue weighted by Gasteiger charge is -2.09. The largest absolute Gasteiger partial charge is 0.494 e. The summed E-state index contributed by atoms with van der Waals surface area (Å²) in [6.45, 7) is 3.45. The number of benzene rings is 1. The molecule has 0 bridgehead atoms. The molecular formula is C18H24N2O3S. The zero-order chi connectivity index (χ0) is 17.4. The molecule has 1 aliphatic rings. The maximum Gasteiger partial charge on any atom is 0.293 e. The van der Waals surface area contributed by atoms with E-state index in [0.717, 1.165) is 43.4 Å². The minimum absolute atomic E-state index is 0.227. The highest BCUT2D eigenvalue weighted by Crippen LogP contribution is 2.30. The van der Waals surface area contributed by atoms with Gasteiger partial charge in [0.05, 0.1) is 11.5 Å². The molecule has 1 aromatic carbocycles. The van der Waals surface area contributed by atoms with Gasteiger partial charge in [0.15, 0.2) is 0 Å². The Kier molecular flexibility index (Phi) is 7.34. The molecule has 0 atom stereocenters. The molecule has 0 aromatic heterocycles. The van der Waals surface area contributed by atoms with Gasteiger partial charge in [-0.25, -0.2) is 0 Å². The molecule has 1 heterocycles. The summed E-state index contributed by atoms with van der Waals surface area (Å²) in [4.78, 5) is 25.5. The van der Waals surface area contributed by atoms with Crippen LogP contribution in [0.1, 0.15) is 31.7 Å². The van der Waals surface area contributed by atoms with Gasteiger partial charge in [-0.05, 0) is 48.7 Å². The van der Waals surface area contributed by atoms with Crippen LogP contribution < -0.4 is 10.5 Å². The van der Waals surface area contributed by atoms with E-state index in [-0.39, 0.29) is 24.2 Å². The van der Waals surface area contributed by atoms with Crippen LogP contribution in [0, 0.1) is 0 Å². The molecule has 0 saturated carbocycles. The molecule has 2 amide bonds. The number of carbonyl (C=O) groups excluding carboxylic acids is 2. The van der Waals surface area contributed by atoms with Gasteiger partial charge < -0.3 is 10.5 Å². The third-order valence-electron chi connectivity index (χ3n) is 3.68. The van der Waals surface area contributed by atoms with Crippen molar-refractivity contribution in [1.29, 1.82) is 0 Å². The van der Waals surface area contributed by atoms with Gasteiger partial charge >= 0.3 is 0 Å². The molecule has 1 saturated heterocycles. The van der Waals surface area contributed by atoms with Crippen molar-refractivity contribution in [2.24, 2.45) is 5.73 Å². The summed E-state index contributed by atoms with van der Waals surface area (Å²) < 4.78 is 5.63. The zero-order valence-corrected chi connectivity index (χ0v) is 14.8. The van der Waals surface area contributed by atoms with Gasteiger partial charge in [-0.1, -0.05) is 31.6 Å². The molecule has 5 nitrogen and oxygen atoms in total. The maximum absolute atomic E-state index is 12.1. The van der Waals surface area contributed by atoms with Gasteiger partial charge in [-0.2, -0.15) is 0 Å². The van der Waals surface area contributed by atoms with Crippen LogP contribution in [-0.4, -0.2) is 35.7 Å². The van der Waals surface area contributed by atoms with Gasteiger partial charge in [-0.15, -0.1) is 0 Å². The minimum Gasteiger partial charge on any atom is -0.494 e. The van der Waals surface area contributed by atoms with Crippen molar-refractivity contribution >= 4 is 22.9 Å². The third-order valence-corrected chi connectivity index (χ3v) is 4.64. The van der Waals surface area contributed by atoms with Crippen LogP contribution in [0.2, 0.25) is 0 Å². The van der Waals surface area contributed by atoms with Crippen molar-refractivity contribution in [2.45, 2.75) is 32.6 Å². The van der Waals surface area contributed by atoms with E-state index in [2.05, 4.69) is 6.92 Å². The topological polar surface area (TPSA) is 72.6 Å². The fourth-order valence-corrected chi connectivity index (χ4v) is 3.19. The van der Waals surface area contributed by atoms with E-state index in [1.807, 2.05) is 30.3 Å². The molecule has 1 aliphatic heterocycles. The number of ether oxygens (including phenoxy) is 1. The number of allylic oxidation sites excluding steroid dienone is 1. The van der Waals surface area contributed by atoms with Crippen LogP contribution in [0.5, 0.6) is 5.75 Å². The van der Waals surface area contributed by atoms with Gasteiger partial charge in [0.1, 0.15) is 5.75 Å². The first-order valence-corrected chi connectivity index (χ1v) is 9.13. The Morgan fingerprint density at radius 1 is 1.25 bits per heavy atom. The SMILES string of the molecule is CCCCOc1ccc(CC/C=C2\SC(=O)N(CCN)C2=O)cc1. The number of unbranched alkanes of at least 4 members (excludes halogenated alkanes) is 1. The Hall–Kier alpha value is -1.79. The normalized spacial score (nSPS) is 16.2. The number of aryl methyl sites for hydroxylation is 1. The molecule has 6 heteroatoms. The number of carbonyl (C=O) groups is 2. The predicted molar refractivity (Wildman–Crippen MR) is 97.0 cm³/mol. The molecule has 0 spiro atoms. The lowest BCUT2D eigenvalue weighted by Crippen LogP contribution is -2.33. The quantitative estimate of drug-likeness (QED) is 0.547. The van der Waals surface area contributed by atoms with Crippen LogP contribution >= 0.6 is 11.8 Å². The Balaban J connectivity index is 1.83. The summed E-state index contributed by atoms with van der Waals surface area (Å²) in [5.74, 6) is 0.658. The number of hydrogen-bond acceptors (Lipinski definition) is 5. The van der Waals surface area contributed by atoms with E-state index in [1.165, 1.54) is 10.5 Å². The van der Waals surface area contributed by atoms with Crippen molar-refractivity contribution < 1.29 is 14.3 Å². The highest BCUT2D eigenvalue weighted by molar-refractivity contribution is 8.18. The Morgan fingerprint density at radius 2 is 2.00 bits per heavy atom. The summed E-state index contributed by atoms with van der Waals surface area (Å²) in [6.07, 6.45) is 5.55. The summed E-state index contributed by atoms with van der Waals surface area (Å²) >= 11 is 0.994. The Morgan fingerprint density at radius 3 is 2.67 bits per heavy atom. The number of nitrogens with two attached hydrogens (primary N) is 1. The standard InChI is InChI=1S/C18H24N2O3S/c1-2-3-13-23-15-9-7-14(8-10-15)5-4-6-16-17(21)20(12-11-19)18(22)24-16/h6-10H,2-5,11-13,19H2,1H3/b16-6-. The first kappa shape index (κ1) is 18.5. The highest BCUT2D eigenvalue weighted by atomic mass is 32.2. The third kappa shape index (κ3) is 5.11. The summed E-state index contributed by atoms with van der Waals surface area (Å²) in [5.41, 5.74) is 6.60. The molecule has 0 unspecified atom stereocenters. The van der Waals surface area contributed by atoms with Crippen LogP contribution in [0.25, 0.3) is 0 Å². The van der Waals surface area contributed by atoms with Crippen molar-refractivity contribution in [1.82, 2.24) is 4.90 Å². The smallest absolute Gasteiger partial charge is 0.293 e. The van der Waals surface area contributed by atoms with E-state index in [9.17, 15) is 9.59 Å². The van der Waals surface area contributed by atoms with Crippen molar-refractivity contribution in [2.75, 3.05) is 19.7 Å². The number of hydrogen-bond donors (Lipinski definition) is 1. The number of nitrogens with zero attached hydrogens (tertiary/aromatic N) is 1. The number of imide groups is 1. The average Bonchev–Trinajstić information content (AvgIpc) is 2.85. The molecule has 0 aliphatic carbocycles. The lowest BCUT2D eigenvalue weighted by molar-refractivity contribution is -0.122. The van der Waals surface area contributed by atoms with Gasteiger partial charge in [0.25, 0.3) is 11.1 Å². The molecule has 130 valence electrons. The maximum atomic E-state index is 12.1. The Labute approximate surface area is 147 Å². The fraction of sp³-hybridized carbons (Fsp3) is 0.444. The summed E-state index contributed by atoms with van der Waals surface area (Å²) in [5, 5.41) is -0.231. The molecule has 2 rings (SSSR count). The van der Waals surface area contributed by atoms with E-state index in [0.29, 0.717) is 11.3 Å². The first-order valence-electron chi connectivity index (χ1n) is 8.31.